The third kappa shape index (κ3) is 4.73. The van der Waals surface area contributed by atoms with Crippen LogP contribution in [0.1, 0.15) is 0 Å². The van der Waals surface area contributed by atoms with Crippen molar-refractivity contribution >= 4 is 38.8 Å². The minimum atomic E-state index is 0.848. The van der Waals surface area contributed by atoms with Crippen LogP contribution >= 0.6 is 0 Å². The Balaban J connectivity index is 1.28. The van der Waals surface area contributed by atoms with E-state index in [0.717, 1.165) is 39.4 Å². The van der Waals surface area contributed by atoms with E-state index in [4.69, 9.17) is 4.42 Å². The van der Waals surface area contributed by atoms with Gasteiger partial charge < -0.3 is 9.32 Å². The number of hydrogen-bond acceptors (Lipinski definition) is 2. The fourth-order valence-corrected chi connectivity index (χ4v) is 6.13. The van der Waals surface area contributed by atoms with Gasteiger partial charge in [-0.1, -0.05) is 127 Å². The van der Waals surface area contributed by atoms with Gasteiger partial charge in [0.1, 0.15) is 11.3 Å². The lowest BCUT2D eigenvalue weighted by Gasteiger charge is -2.28. The first kappa shape index (κ1) is 25.8. The fraction of sp³-hybridized carbons (Fsp3) is 0. The molecule has 0 aliphatic heterocycles. The zero-order valence-corrected chi connectivity index (χ0v) is 24.1. The molecule has 44 heavy (non-hydrogen) atoms. The number of anilines is 3. The maximum Gasteiger partial charge on any atom is 0.137 e. The molecule has 1 heterocycles. The van der Waals surface area contributed by atoms with Crippen molar-refractivity contribution in [2.75, 3.05) is 4.90 Å². The Morgan fingerprint density at radius 3 is 1.68 bits per heavy atom. The Morgan fingerprint density at radius 1 is 0.364 bits per heavy atom. The maximum atomic E-state index is 6.39. The van der Waals surface area contributed by atoms with Gasteiger partial charge in [-0.25, -0.2) is 0 Å². The summed E-state index contributed by atoms with van der Waals surface area (Å²) >= 11 is 0. The first-order valence-electron chi connectivity index (χ1n) is 14.9. The second kappa shape index (κ2) is 11.1. The lowest BCUT2D eigenvalue weighted by atomic mass is 9.94. The van der Waals surface area contributed by atoms with Gasteiger partial charge in [0.05, 0.1) is 5.69 Å². The molecular weight excluding hydrogens is 534 g/mol. The molecule has 0 bridgehead atoms. The molecule has 7 aromatic carbocycles. The van der Waals surface area contributed by atoms with Gasteiger partial charge in [0, 0.05) is 22.3 Å². The van der Waals surface area contributed by atoms with Crippen LogP contribution in [-0.4, -0.2) is 0 Å². The summed E-state index contributed by atoms with van der Waals surface area (Å²) in [7, 11) is 0. The topological polar surface area (TPSA) is 16.4 Å². The summed E-state index contributed by atoms with van der Waals surface area (Å²) in [6, 6.07) is 62.1. The third-order valence-corrected chi connectivity index (χ3v) is 8.28. The summed E-state index contributed by atoms with van der Waals surface area (Å²) in [6.07, 6.45) is 0. The first-order chi connectivity index (χ1) is 21.8. The minimum Gasteiger partial charge on any atom is -0.456 e. The molecule has 2 heteroatoms. The molecule has 0 unspecified atom stereocenters. The van der Waals surface area contributed by atoms with Crippen LogP contribution in [0.15, 0.2) is 180 Å². The average Bonchev–Trinajstić information content (AvgIpc) is 3.54. The molecule has 8 rings (SSSR count). The van der Waals surface area contributed by atoms with Gasteiger partial charge >= 0.3 is 0 Å². The standard InChI is InChI=1S/C42H29NO/c1-2-13-31(14-3-1)37-17-7-8-18-38(37)32-23-25-35(26-24-32)43(36-27-22-30-12-4-5-15-33(30)28-36)40-20-10-9-19-39(40)42-29-34-16-6-11-21-41(34)44-42/h1-29H. The first-order valence-corrected chi connectivity index (χ1v) is 14.9. The Hall–Kier alpha value is -5.86. The van der Waals surface area contributed by atoms with Crippen LogP contribution in [0.3, 0.4) is 0 Å². The summed E-state index contributed by atoms with van der Waals surface area (Å²) in [5, 5.41) is 3.51. The van der Waals surface area contributed by atoms with Gasteiger partial charge in [-0.15, -0.1) is 0 Å². The zero-order chi connectivity index (χ0) is 29.3. The van der Waals surface area contributed by atoms with Crippen molar-refractivity contribution in [3.63, 3.8) is 0 Å². The van der Waals surface area contributed by atoms with Gasteiger partial charge in [0.25, 0.3) is 0 Å². The number of rotatable bonds is 6. The second-order valence-electron chi connectivity index (χ2n) is 11.0. The number of furan rings is 1. The molecule has 0 radical (unpaired) electrons. The van der Waals surface area contributed by atoms with Crippen molar-refractivity contribution in [3.8, 4) is 33.6 Å². The van der Waals surface area contributed by atoms with E-state index in [0.29, 0.717) is 0 Å². The maximum absolute atomic E-state index is 6.39. The summed E-state index contributed by atoms with van der Waals surface area (Å²) in [5.74, 6) is 0.848. The number of fused-ring (bicyclic) bond motifs is 2. The van der Waals surface area contributed by atoms with Gasteiger partial charge in [0.2, 0.25) is 0 Å². The van der Waals surface area contributed by atoms with E-state index in [-0.39, 0.29) is 0 Å². The molecule has 2 nitrogen and oxygen atoms in total. The van der Waals surface area contributed by atoms with Crippen molar-refractivity contribution in [3.05, 3.63) is 176 Å². The molecule has 0 saturated carbocycles. The van der Waals surface area contributed by atoms with E-state index in [1.54, 1.807) is 0 Å². The quantitative estimate of drug-likeness (QED) is 0.200. The van der Waals surface area contributed by atoms with Crippen LogP contribution < -0.4 is 4.90 Å². The van der Waals surface area contributed by atoms with Crippen LogP contribution in [0.4, 0.5) is 17.1 Å². The monoisotopic (exact) mass is 563 g/mol. The molecular formula is C42H29NO. The van der Waals surface area contributed by atoms with Crippen molar-refractivity contribution < 1.29 is 4.42 Å². The van der Waals surface area contributed by atoms with E-state index in [1.807, 2.05) is 18.2 Å². The lowest BCUT2D eigenvalue weighted by Crippen LogP contribution is -2.11. The van der Waals surface area contributed by atoms with Crippen LogP contribution in [0.25, 0.3) is 55.3 Å². The predicted molar refractivity (Wildman–Crippen MR) is 185 cm³/mol. The van der Waals surface area contributed by atoms with Gasteiger partial charge in [-0.3, -0.25) is 0 Å². The zero-order valence-electron chi connectivity index (χ0n) is 24.1. The molecule has 0 N–H and O–H groups in total. The number of benzene rings is 7. The highest BCUT2D eigenvalue weighted by atomic mass is 16.3. The molecule has 0 aliphatic carbocycles. The van der Waals surface area contributed by atoms with Gasteiger partial charge in [-0.2, -0.15) is 0 Å². The van der Waals surface area contributed by atoms with E-state index in [2.05, 4.69) is 163 Å². The molecule has 0 amide bonds. The molecule has 0 aliphatic rings. The molecule has 0 spiro atoms. The number of para-hydroxylation sites is 2. The molecule has 0 fully saturated rings. The van der Waals surface area contributed by atoms with E-state index >= 15 is 0 Å². The normalized spacial score (nSPS) is 11.2. The van der Waals surface area contributed by atoms with E-state index in [1.165, 1.54) is 33.0 Å². The Bertz CT molecular complexity index is 2190. The Morgan fingerprint density at radius 2 is 0.932 bits per heavy atom. The predicted octanol–water partition coefficient (Wildman–Crippen LogP) is 12.1. The molecule has 208 valence electrons. The highest BCUT2D eigenvalue weighted by molar-refractivity contribution is 5.94. The van der Waals surface area contributed by atoms with Crippen LogP contribution in [-0.2, 0) is 0 Å². The summed E-state index contributed by atoms with van der Waals surface area (Å²) in [5.41, 5.74) is 9.97. The smallest absolute Gasteiger partial charge is 0.137 e. The average molecular weight is 564 g/mol. The number of nitrogens with zero attached hydrogens (tertiary/aromatic N) is 1. The van der Waals surface area contributed by atoms with Crippen LogP contribution in [0, 0.1) is 0 Å². The fourth-order valence-electron chi connectivity index (χ4n) is 6.13. The number of hydrogen-bond donors (Lipinski definition) is 0. The van der Waals surface area contributed by atoms with E-state index < -0.39 is 0 Å². The summed E-state index contributed by atoms with van der Waals surface area (Å²) < 4.78 is 6.39. The molecule has 1 aromatic heterocycles. The van der Waals surface area contributed by atoms with Crippen molar-refractivity contribution in [1.29, 1.82) is 0 Å². The van der Waals surface area contributed by atoms with Crippen LogP contribution in [0.2, 0.25) is 0 Å². The van der Waals surface area contributed by atoms with Crippen molar-refractivity contribution in [2.45, 2.75) is 0 Å². The third-order valence-electron chi connectivity index (χ3n) is 8.28. The Labute approximate surface area is 257 Å². The van der Waals surface area contributed by atoms with Gasteiger partial charge in [-0.05, 0) is 81.6 Å². The largest absolute Gasteiger partial charge is 0.456 e. The highest BCUT2D eigenvalue weighted by Gasteiger charge is 2.20. The lowest BCUT2D eigenvalue weighted by molar-refractivity contribution is 0.631. The van der Waals surface area contributed by atoms with Crippen molar-refractivity contribution in [2.24, 2.45) is 0 Å². The van der Waals surface area contributed by atoms with Crippen LogP contribution in [0.5, 0.6) is 0 Å². The van der Waals surface area contributed by atoms with Crippen molar-refractivity contribution in [1.82, 2.24) is 0 Å². The highest BCUT2D eigenvalue weighted by Crippen LogP contribution is 2.43. The Kier molecular flexibility index (Phi) is 6.51. The molecule has 0 atom stereocenters. The second-order valence-corrected chi connectivity index (χ2v) is 11.0. The molecule has 8 aromatic rings. The minimum absolute atomic E-state index is 0.848. The van der Waals surface area contributed by atoms with E-state index in [9.17, 15) is 0 Å². The SMILES string of the molecule is c1ccc(-c2ccccc2-c2ccc(N(c3ccc4ccccc4c3)c3ccccc3-c3cc4ccccc4o3)cc2)cc1. The molecule has 0 saturated heterocycles. The summed E-state index contributed by atoms with van der Waals surface area (Å²) in [4.78, 5) is 2.34. The van der Waals surface area contributed by atoms with Gasteiger partial charge in [0.15, 0.2) is 0 Å². The summed E-state index contributed by atoms with van der Waals surface area (Å²) in [6.45, 7) is 0.